The van der Waals surface area contributed by atoms with Crippen LogP contribution >= 0.6 is 0 Å². The zero-order chi connectivity index (χ0) is 16.3. The van der Waals surface area contributed by atoms with E-state index in [1.54, 1.807) is 6.92 Å². The second-order valence-corrected chi connectivity index (χ2v) is 4.62. The van der Waals surface area contributed by atoms with Gasteiger partial charge in [-0.05, 0) is 19.1 Å². The highest BCUT2D eigenvalue weighted by Crippen LogP contribution is 2.32. The van der Waals surface area contributed by atoms with E-state index in [1.807, 2.05) is 0 Å². The Morgan fingerprint density at radius 2 is 2.05 bits per heavy atom. The zero-order valence-corrected chi connectivity index (χ0v) is 11.7. The number of aliphatic hydroxyl groups excluding tert-OH is 1. The van der Waals surface area contributed by atoms with Crippen molar-refractivity contribution in [1.29, 1.82) is 0 Å². The van der Waals surface area contributed by atoms with Gasteiger partial charge in [0.25, 0.3) is 5.91 Å². The van der Waals surface area contributed by atoms with E-state index >= 15 is 0 Å². The Morgan fingerprint density at radius 1 is 1.36 bits per heavy atom. The topological polar surface area (TPSA) is 67.2 Å². The Labute approximate surface area is 124 Å². The van der Waals surface area contributed by atoms with Crippen molar-refractivity contribution in [1.82, 2.24) is 9.78 Å². The minimum absolute atomic E-state index is 0.129. The Hall–Kier alpha value is -2.35. The van der Waals surface area contributed by atoms with E-state index in [0.29, 0.717) is 5.69 Å². The molecule has 0 aliphatic carbocycles. The van der Waals surface area contributed by atoms with E-state index < -0.39 is 23.2 Å². The summed E-state index contributed by atoms with van der Waals surface area (Å²) in [5, 5.41) is 15.4. The number of amides is 1. The molecule has 0 fully saturated rings. The maximum atomic E-state index is 12.9. The SMILES string of the molecule is Cc1cc(NC(=O)c2ccccc2C(F)(F)F)n(CCO)n1. The van der Waals surface area contributed by atoms with E-state index in [-0.39, 0.29) is 19.0 Å². The average molecular weight is 313 g/mol. The molecule has 1 heterocycles. The van der Waals surface area contributed by atoms with Crippen LogP contribution in [0.5, 0.6) is 0 Å². The minimum Gasteiger partial charge on any atom is -0.394 e. The van der Waals surface area contributed by atoms with Crippen LogP contribution in [0.25, 0.3) is 0 Å². The largest absolute Gasteiger partial charge is 0.417 e. The molecule has 8 heteroatoms. The second-order valence-electron chi connectivity index (χ2n) is 4.62. The van der Waals surface area contributed by atoms with Crippen molar-refractivity contribution in [3.05, 3.63) is 47.2 Å². The number of carbonyl (C=O) groups is 1. The molecule has 0 aliphatic heterocycles. The molecule has 0 atom stereocenters. The summed E-state index contributed by atoms with van der Waals surface area (Å²) in [6, 6.07) is 6.06. The molecule has 2 N–H and O–H groups in total. The second kappa shape index (κ2) is 6.18. The molecule has 0 unspecified atom stereocenters. The first-order chi connectivity index (χ1) is 10.3. The predicted molar refractivity (Wildman–Crippen MR) is 73.4 cm³/mol. The zero-order valence-electron chi connectivity index (χ0n) is 11.7. The van der Waals surface area contributed by atoms with Gasteiger partial charge in [0.2, 0.25) is 0 Å². The predicted octanol–water partition coefficient (Wildman–Crippen LogP) is 2.45. The number of halogens is 3. The van der Waals surface area contributed by atoms with Gasteiger partial charge in [0, 0.05) is 6.07 Å². The summed E-state index contributed by atoms with van der Waals surface area (Å²) in [4.78, 5) is 12.1. The third-order valence-electron chi connectivity index (χ3n) is 2.93. The van der Waals surface area contributed by atoms with Gasteiger partial charge < -0.3 is 10.4 Å². The fourth-order valence-corrected chi connectivity index (χ4v) is 2.02. The maximum absolute atomic E-state index is 12.9. The number of aliphatic hydroxyl groups is 1. The van der Waals surface area contributed by atoms with Crippen LogP contribution in [0.3, 0.4) is 0 Å². The van der Waals surface area contributed by atoms with Gasteiger partial charge in [-0.15, -0.1) is 0 Å². The number of nitrogens with zero attached hydrogens (tertiary/aromatic N) is 2. The molecule has 1 amide bonds. The highest BCUT2D eigenvalue weighted by molar-refractivity contribution is 6.05. The molecule has 22 heavy (non-hydrogen) atoms. The smallest absolute Gasteiger partial charge is 0.394 e. The normalized spacial score (nSPS) is 11.5. The van der Waals surface area contributed by atoms with Crippen LogP contribution < -0.4 is 5.32 Å². The Bertz CT molecular complexity index is 680. The molecule has 0 radical (unpaired) electrons. The number of benzene rings is 1. The van der Waals surface area contributed by atoms with Gasteiger partial charge in [-0.1, -0.05) is 12.1 Å². The summed E-state index contributed by atoms with van der Waals surface area (Å²) < 4.78 is 40.1. The Kier molecular flexibility index (Phi) is 4.51. The molecule has 0 spiro atoms. The summed E-state index contributed by atoms with van der Waals surface area (Å²) in [5.41, 5.74) is -0.894. The lowest BCUT2D eigenvalue weighted by atomic mass is 10.1. The molecular formula is C14H14F3N3O2. The van der Waals surface area contributed by atoms with E-state index in [0.717, 1.165) is 12.1 Å². The number of hydrogen-bond acceptors (Lipinski definition) is 3. The Morgan fingerprint density at radius 3 is 2.68 bits per heavy atom. The molecular weight excluding hydrogens is 299 g/mol. The molecule has 0 bridgehead atoms. The molecule has 1 aromatic heterocycles. The molecule has 0 saturated carbocycles. The van der Waals surface area contributed by atoms with Crippen LogP contribution in [0.15, 0.2) is 30.3 Å². The lowest BCUT2D eigenvalue weighted by molar-refractivity contribution is -0.137. The van der Waals surface area contributed by atoms with Crippen LogP contribution in [0.2, 0.25) is 0 Å². The quantitative estimate of drug-likeness (QED) is 0.911. The fourth-order valence-electron chi connectivity index (χ4n) is 2.02. The van der Waals surface area contributed by atoms with Gasteiger partial charge in [0.15, 0.2) is 0 Å². The van der Waals surface area contributed by atoms with Crippen molar-refractivity contribution in [3.63, 3.8) is 0 Å². The number of aromatic nitrogens is 2. The average Bonchev–Trinajstić information content (AvgIpc) is 2.78. The van der Waals surface area contributed by atoms with E-state index in [2.05, 4.69) is 10.4 Å². The molecule has 118 valence electrons. The molecule has 1 aromatic carbocycles. The van der Waals surface area contributed by atoms with Crippen molar-refractivity contribution in [3.8, 4) is 0 Å². The van der Waals surface area contributed by atoms with Crippen molar-refractivity contribution in [2.24, 2.45) is 0 Å². The summed E-state index contributed by atoms with van der Waals surface area (Å²) in [7, 11) is 0. The number of carbonyl (C=O) groups excluding carboxylic acids is 1. The third kappa shape index (κ3) is 3.45. The third-order valence-corrected chi connectivity index (χ3v) is 2.93. The number of aryl methyl sites for hydroxylation is 1. The van der Waals surface area contributed by atoms with Crippen molar-refractivity contribution in [2.75, 3.05) is 11.9 Å². The maximum Gasteiger partial charge on any atom is 0.417 e. The van der Waals surface area contributed by atoms with E-state index in [1.165, 1.54) is 22.9 Å². The number of hydrogen-bond donors (Lipinski definition) is 2. The lowest BCUT2D eigenvalue weighted by Crippen LogP contribution is -2.20. The first kappa shape index (κ1) is 16.0. The van der Waals surface area contributed by atoms with Gasteiger partial charge in [0.05, 0.1) is 30.0 Å². The summed E-state index contributed by atoms with van der Waals surface area (Å²) in [5.74, 6) is -0.652. The van der Waals surface area contributed by atoms with Crippen molar-refractivity contribution in [2.45, 2.75) is 19.6 Å². The van der Waals surface area contributed by atoms with Crippen LogP contribution in [0.1, 0.15) is 21.6 Å². The monoisotopic (exact) mass is 313 g/mol. The van der Waals surface area contributed by atoms with E-state index in [4.69, 9.17) is 5.11 Å². The number of anilines is 1. The summed E-state index contributed by atoms with van der Waals surface area (Å²) in [6.45, 7) is 1.60. The standard InChI is InChI=1S/C14H14F3N3O2/c1-9-8-12(20(19-9)6-7-21)18-13(22)10-4-2-3-5-11(10)14(15,16)17/h2-5,8,21H,6-7H2,1H3,(H,18,22). The van der Waals surface area contributed by atoms with Crippen molar-refractivity contribution >= 4 is 11.7 Å². The van der Waals surface area contributed by atoms with Crippen LogP contribution in [-0.2, 0) is 12.7 Å². The van der Waals surface area contributed by atoms with Crippen LogP contribution in [0.4, 0.5) is 19.0 Å². The molecule has 2 aromatic rings. The fraction of sp³-hybridized carbons (Fsp3) is 0.286. The van der Waals surface area contributed by atoms with Gasteiger partial charge in [-0.3, -0.25) is 4.79 Å². The minimum atomic E-state index is -4.62. The lowest BCUT2D eigenvalue weighted by Gasteiger charge is -2.13. The first-order valence-electron chi connectivity index (χ1n) is 6.46. The highest BCUT2D eigenvalue weighted by Gasteiger charge is 2.34. The highest BCUT2D eigenvalue weighted by atomic mass is 19.4. The number of rotatable bonds is 4. The number of nitrogens with one attached hydrogen (secondary N) is 1. The summed E-state index contributed by atoms with van der Waals surface area (Å²) >= 11 is 0. The molecule has 0 saturated heterocycles. The molecule has 2 rings (SSSR count). The van der Waals surface area contributed by atoms with Gasteiger partial charge in [0.1, 0.15) is 5.82 Å². The van der Waals surface area contributed by atoms with Gasteiger partial charge in [-0.25, -0.2) is 4.68 Å². The number of alkyl halides is 3. The van der Waals surface area contributed by atoms with Crippen LogP contribution in [-0.4, -0.2) is 27.4 Å². The first-order valence-corrected chi connectivity index (χ1v) is 6.46. The van der Waals surface area contributed by atoms with Gasteiger partial charge in [-0.2, -0.15) is 18.3 Å². The Balaban J connectivity index is 2.31. The molecule has 5 nitrogen and oxygen atoms in total. The van der Waals surface area contributed by atoms with Gasteiger partial charge >= 0.3 is 6.18 Å². The van der Waals surface area contributed by atoms with Crippen molar-refractivity contribution < 1.29 is 23.1 Å². The van der Waals surface area contributed by atoms with Crippen LogP contribution in [0, 0.1) is 6.92 Å². The molecule has 0 aliphatic rings. The van der Waals surface area contributed by atoms with E-state index in [9.17, 15) is 18.0 Å². The summed E-state index contributed by atoms with van der Waals surface area (Å²) in [6.07, 6.45) is -4.62.